The van der Waals surface area contributed by atoms with E-state index in [1.165, 1.54) is 0 Å². The van der Waals surface area contributed by atoms with Crippen LogP contribution in [0.1, 0.15) is 25.3 Å². The molecule has 0 aliphatic rings. The van der Waals surface area contributed by atoms with Crippen LogP contribution in [0, 0.1) is 5.92 Å². The molecule has 0 aromatic heterocycles. The number of hydrogen-bond donors (Lipinski definition) is 1. The van der Waals surface area contributed by atoms with Gasteiger partial charge in [0.25, 0.3) is 0 Å². The van der Waals surface area contributed by atoms with Gasteiger partial charge in [0.05, 0.1) is 5.92 Å². The molecule has 0 saturated carbocycles. The molecule has 0 radical (unpaired) electrons. The number of anilines is 1. The molecular formula is C17H18ClNO. The molecule has 0 fully saturated rings. The number of rotatable bonds is 4. The van der Waals surface area contributed by atoms with Crippen LogP contribution in [-0.4, -0.2) is 5.91 Å². The van der Waals surface area contributed by atoms with E-state index in [9.17, 15) is 4.79 Å². The van der Waals surface area contributed by atoms with Crippen LogP contribution in [0.4, 0.5) is 5.69 Å². The summed E-state index contributed by atoms with van der Waals surface area (Å²) >= 11 is 5.90. The molecule has 2 aromatic carbocycles. The number of carbonyl (C=O) groups is 1. The number of para-hydroxylation sites is 1. The number of amides is 1. The summed E-state index contributed by atoms with van der Waals surface area (Å²) in [5, 5.41) is 3.64. The minimum absolute atomic E-state index is 0.00789. The third-order valence-corrected chi connectivity index (χ3v) is 3.47. The number of nitrogens with one attached hydrogen (secondary N) is 1. The van der Waals surface area contributed by atoms with Crippen LogP contribution in [0.5, 0.6) is 0 Å². The van der Waals surface area contributed by atoms with E-state index in [2.05, 4.69) is 5.32 Å². The summed E-state index contributed by atoms with van der Waals surface area (Å²) in [7, 11) is 0. The molecule has 0 aliphatic carbocycles. The molecule has 1 amide bonds. The lowest BCUT2D eigenvalue weighted by molar-refractivity contribution is -0.118. The summed E-state index contributed by atoms with van der Waals surface area (Å²) in [5.74, 6) is 0.0286. The smallest absolute Gasteiger partial charge is 0.232 e. The van der Waals surface area contributed by atoms with Gasteiger partial charge in [-0.05, 0) is 35.7 Å². The highest BCUT2D eigenvalue weighted by Crippen LogP contribution is 2.27. The van der Waals surface area contributed by atoms with Crippen molar-refractivity contribution in [3.63, 3.8) is 0 Å². The molecule has 2 nitrogen and oxygen atoms in total. The van der Waals surface area contributed by atoms with E-state index in [1.807, 2.05) is 68.4 Å². The second kappa shape index (κ2) is 6.58. The van der Waals surface area contributed by atoms with E-state index >= 15 is 0 Å². The Balaban J connectivity index is 2.20. The van der Waals surface area contributed by atoms with Crippen LogP contribution >= 0.6 is 11.6 Å². The van der Waals surface area contributed by atoms with Crippen molar-refractivity contribution in [3.05, 3.63) is 65.2 Å². The average molecular weight is 288 g/mol. The maximum atomic E-state index is 12.5. The molecule has 2 rings (SSSR count). The molecule has 104 valence electrons. The predicted molar refractivity (Wildman–Crippen MR) is 84.1 cm³/mol. The zero-order valence-electron chi connectivity index (χ0n) is 11.6. The number of hydrogen-bond acceptors (Lipinski definition) is 1. The van der Waals surface area contributed by atoms with E-state index in [4.69, 9.17) is 11.6 Å². The van der Waals surface area contributed by atoms with Crippen LogP contribution < -0.4 is 5.32 Å². The Morgan fingerprint density at radius 2 is 1.60 bits per heavy atom. The fourth-order valence-electron chi connectivity index (χ4n) is 2.25. The van der Waals surface area contributed by atoms with Gasteiger partial charge in [-0.25, -0.2) is 0 Å². The van der Waals surface area contributed by atoms with Gasteiger partial charge in [0.2, 0.25) is 5.91 Å². The van der Waals surface area contributed by atoms with E-state index in [0.29, 0.717) is 5.02 Å². The first-order valence-corrected chi connectivity index (χ1v) is 7.07. The monoisotopic (exact) mass is 287 g/mol. The molecule has 0 saturated heterocycles. The third kappa shape index (κ3) is 3.61. The fraction of sp³-hybridized carbons (Fsp3) is 0.235. The van der Waals surface area contributed by atoms with Gasteiger partial charge >= 0.3 is 0 Å². The van der Waals surface area contributed by atoms with Crippen LogP contribution in [0.25, 0.3) is 0 Å². The van der Waals surface area contributed by atoms with E-state index in [0.717, 1.165) is 11.3 Å². The summed E-state index contributed by atoms with van der Waals surface area (Å²) in [4.78, 5) is 12.5. The van der Waals surface area contributed by atoms with Gasteiger partial charge in [-0.2, -0.15) is 0 Å². The molecule has 3 heteroatoms. The van der Waals surface area contributed by atoms with Crippen molar-refractivity contribution in [2.24, 2.45) is 5.92 Å². The van der Waals surface area contributed by atoms with Crippen molar-refractivity contribution in [3.8, 4) is 0 Å². The topological polar surface area (TPSA) is 29.1 Å². The molecule has 0 heterocycles. The summed E-state index contributed by atoms with van der Waals surface area (Å²) in [6.45, 7) is 4.09. The van der Waals surface area contributed by atoms with Gasteiger partial charge in [-0.3, -0.25) is 4.79 Å². The van der Waals surface area contributed by atoms with Gasteiger partial charge in [0, 0.05) is 10.7 Å². The van der Waals surface area contributed by atoms with Gasteiger partial charge in [-0.1, -0.05) is 55.8 Å². The standard InChI is InChI=1S/C17H18ClNO/c1-12(2)16(13-8-10-14(18)11-9-13)17(20)19-15-6-4-3-5-7-15/h3-12,16H,1-2H3,(H,19,20). The van der Waals surface area contributed by atoms with Crippen molar-refractivity contribution in [2.45, 2.75) is 19.8 Å². The highest BCUT2D eigenvalue weighted by Gasteiger charge is 2.24. The van der Waals surface area contributed by atoms with Crippen molar-refractivity contribution < 1.29 is 4.79 Å². The Morgan fingerprint density at radius 1 is 1.00 bits per heavy atom. The molecule has 0 aliphatic heterocycles. The van der Waals surface area contributed by atoms with Gasteiger partial charge in [0.1, 0.15) is 0 Å². The Hall–Kier alpha value is -1.80. The number of benzene rings is 2. The van der Waals surface area contributed by atoms with Crippen molar-refractivity contribution in [2.75, 3.05) is 5.32 Å². The summed E-state index contributed by atoms with van der Waals surface area (Å²) in [6.07, 6.45) is 0. The summed E-state index contributed by atoms with van der Waals surface area (Å²) in [6, 6.07) is 17.0. The summed E-state index contributed by atoms with van der Waals surface area (Å²) in [5.41, 5.74) is 1.80. The second-order valence-corrected chi connectivity index (χ2v) is 5.56. The van der Waals surface area contributed by atoms with E-state index in [1.54, 1.807) is 0 Å². The summed E-state index contributed by atoms with van der Waals surface area (Å²) < 4.78 is 0. The van der Waals surface area contributed by atoms with Crippen LogP contribution in [0.3, 0.4) is 0 Å². The molecule has 1 N–H and O–H groups in total. The van der Waals surface area contributed by atoms with Gasteiger partial charge in [-0.15, -0.1) is 0 Å². The first-order chi connectivity index (χ1) is 9.58. The number of halogens is 1. The fourth-order valence-corrected chi connectivity index (χ4v) is 2.38. The molecule has 2 aromatic rings. The van der Waals surface area contributed by atoms with Gasteiger partial charge in [0.15, 0.2) is 0 Å². The lowest BCUT2D eigenvalue weighted by Crippen LogP contribution is -2.25. The van der Waals surface area contributed by atoms with Crippen molar-refractivity contribution >= 4 is 23.2 Å². The van der Waals surface area contributed by atoms with Gasteiger partial charge < -0.3 is 5.32 Å². The third-order valence-electron chi connectivity index (χ3n) is 3.22. The Kier molecular flexibility index (Phi) is 4.80. The maximum absolute atomic E-state index is 12.5. The molecule has 20 heavy (non-hydrogen) atoms. The normalized spacial score (nSPS) is 12.2. The number of carbonyl (C=O) groups excluding carboxylic acids is 1. The molecule has 1 atom stereocenters. The lowest BCUT2D eigenvalue weighted by atomic mass is 9.87. The molecule has 0 spiro atoms. The maximum Gasteiger partial charge on any atom is 0.232 e. The Labute approximate surface area is 124 Å². The lowest BCUT2D eigenvalue weighted by Gasteiger charge is -2.21. The highest BCUT2D eigenvalue weighted by molar-refractivity contribution is 6.30. The zero-order chi connectivity index (χ0) is 14.5. The molecule has 0 bridgehead atoms. The van der Waals surface area contributed by atoms with Crippen molar-refractivity contribution in [1.29, 1.82) is 0 Å². The van der Waals surface area contributed by atoms with E-state index in [-0.39, 0.29) is 17.7 Å². The second-order valence-electron chi connectivity index (χ2n) is 5.13. The largest absolute Gasteiger partial charge is 0.326 e. The Bertz CT molecular complexity index is 563. The van der Waals surface area contributed by atoms with Crippen LogP contribution in [0.2, 0.25) is 5.02 Å². The SMILES string of the molecule is CC(C)C(C(=O)Nc1ccccc1)c1ccc(Cl)cc1. The first-order valence-electron chi connectivity index (χ1n) is 6.69. The first kappa shape index (κ1) is 14.6. The van der Waals surface area contributed by atoms with Crippen LogP contribution in [-0.2, 0) is 4.79 Å². The Morgan fingerprint density at radius 3 is 2.15 bits per heavy atom. The average Bonchev–Trinajstić information content (AvgIpc) is 2.42. The molecule has 1 unspecified atom stereocenters. The zero-order valence-corrected chi connectivity index (χ0v) is 12.4. The quantitative estimate of drug-likeness (QED) is 0.866. The highest BCUT2D eigenvalue weighted by atomic mass is 35.5. The van der Waals surface area contributed by atoms with E-state index < -0.39 is 0 Å². The minimum atomic E-state index is -0.188. The minimum Gasteiger partial charge on any atom is -0.326 e. The van der Waals surface area contributed by atoms with Crippen molar-refractivity contribution in [1.82, 2.24) is 0 Å². The van der Waals surface area contributed by atoms with Crippen LogP contribution in [0.15, 0.2) is 54.6 Å². The molecular weight excluding hydrogens is 270 g/mol. The predicted octanol–water partition coefficient (Wildman–Crippen LogP) is 4.72.